The van der Waals surface area contributed by atoms with Crippen molar-refractivity contribution >= 4 is 44.5 Å². The van der Waals surface area contributed by atoms with Crippen LogP contribution in [0.4, 0.5) is 11.4 Å². The minimum Gasteiger partial charge on any atom is -0.495 e. The number of ether oxygens (including phenoxy) is 1. The number of methoxy groups -OCH3 is 1. The Morgan fingerprint density at radius 3 is 2.38 bits per heavy atom. The summed E-state index contributed by atoms with van der Waals surface area (Å²) in [5.41, 5.74) is 2.57. The van der Waals surface area contributed by atoms with E-state index in [2.05, 4.69) is 5.32 Å². The lowest BCUT2D eigenvalue weighted by Gasteiger charge is -2.32. The summed E-state index contributed by atoms with van der Waals surface area (Å²) in [5, 5.41) is 2.99. The van der Waals surface area contributed by atoms with Gasteiger partial charge in [-0.3, -0.25) is 9.10 Å². The molecule has 3 aromatic rings. The molecule has 1 heterocycles. The first-order valence-electron chi connectivity index (χ1n) is 9.95. The molecule has 1 amide bonds. The number of halogens is 1. The van der Waals surface area contributed by atoms with Gasteiger partial charge in [0.25, 0.3) is 15.9 Å². The van der Waals surface area contributed by atoms with Crippen LogP contribution >= 0.6 is 11.6 Å². The Hall–Kier alpha value is -3.29. The molecule has 0 fully saturated rings. The fourth-order valence-electron chi connectivity index (χ4n) is 3.79. The van der Waals surface area contributed by atoms with E-state index >= 15 is 0 Å². The van der Waals surface area contributed by atoms with Gasteiger partial charge in [-0.1, -0.05) is 60.1 Å². The highest BCUT2D eigenvalue weighted by molar-refractivity contribution is 7.97. The van der Waals surface area contributed by atoms with Crippen LogP contribution in [0.15, 0.2) is 77.7 Å². The fraction of sp³-hybridized carbons (Fsp3) is 0.125. The van der Waals surface area contributed by atoms with E-state index in [4.69, 9.17) is 16.3 Å². The number of hydrogen-bond donors (Lipinski definition) is 1. The summed E-state index contributed by atoms with van der Waals surface area (Å²) in [5.74, 6) is -0.289. The summed E-state index contributed by atoms with van der Waals surface area (Å²) in [7, 11) is -2.64. The molecule has 0 saturated carbocycles. The first kappa shape index (κ1) is 21.9. The topological polar surface area (TPSA) is 75.7 Å². The van der Waals surface area contributed by atoms with E-state index in [1.54, 1.807) is 43.3 Å². The third kappa shape index (κ3) is 3.74. The van der Waals surface area contributed by atoms with Crippen LogP contribution in [0.2, 0.25) is 5.02 Å². The van der Waals surface area contributed by atoms with Gasteiger partial charge in [0, 0.05) is 23.4 Å². The average Bonchev–Trinajstić information content (AvgIpc) is 2.78. The van der Waals surface area contributed by atoms with Crippen molar-refractivity contribution in [3.05, 3.63) is 93.9 Å². The van der Waals surface area contributed by atoms with Gasteiger partial charge in [-0.25, -0.2) is 8.42 Å². The lowest BCUT2D eigenvalue weighted by atomic mass is 9.95. The molecule has 8 heteroatoms. The van der Waals surface area contributed by atoms with Gasteiger partial charge in [0.1, 0.15) is 5.75 Å². The molecule has 0 aliphatic carbocycles. The van der Waals surface area contributed by atoms with E-state index in [9.17, 15) is 13.2 Å². The number of carbonyl (C=O) groups is 1. The number of rotatable bonds is 5. The maximum absolute atomic E-state index is 13.7. The van der Waals surface area contributed by atoms with Crippen molar-refractivity contribution in [1.82, 2.24) is 0 Å². The second-order valence-corrected chi connectivity index (χ2v) is 9.27. The molecule has 6 nitrogen and oxygen atoms in total. The number of sulfonamides is 1. The van der Waals surface area contributed by atoms with Gasteiger partial charge in [-0.05, 0) is 36.8 Å². The van der Waals surface area contributed by atoms with Crippen LogP contribution in [0.25, 0.3) is 5.57 Å². The monoisotopic (exact) mass is 468 g/mol. The van der Waals surface area contributed by atoms with Gasteiger partial charge >= 0.3 is 0 Å². The van der Waals surface area contributed by atoms with Crippen molar-refractivity contribution in [3.63, 3.8) is 0 Å². The van der Waals surface area contributed by atoms with Gasteiger partial charge in [-0.15, -0.1) is 0 Å². The van der Waals surface area contributed by atoms with E-state index in [-0.39, 0.29) is 11.4 Å². The van der Waals surface area contributed by atoms with Crippen LogP contribution in [0.1, 0.15) is 18.1 Å². The standard InChI is InChI=1S/C24H21ClN2O4S/c1-3-27-20-12-8-7-11-18(20)22(16-9-5-4-6-10-16)23(32(27,29)30)24(28)26-17-13-14-21(31-2)19(25)15-17/h4-15H,3H2,1-2H3,(H,26,28). The number of nitrogens with zero attached hydrogens (tertiary/aromatic N) is 1. The third-order valence-electron chi connectivity index (χ3n) is 5.18. The average molecular weight is 469 g/mol. The van der Waals surface area contributed by atoms with Crippen molar-refractivity contribution < 1.29 is 17.9 Å². The maximum Gasteiger partial charge on any atom is 0.270 e. The molecule has 164 valence electrons. The van der Waals surface area contributed by atoms with Gasteiger partial charge in [0.2, 0.25) is 0 Å². The Labute approximate surface area is 192 Å². The van der Waals surface area contributed by atoms with E-state index in [1.807, 2.05) is 30.3 Å². The van der Waals surface area contributed by atoms with Crippen LogP contribution < -0.4 is 14.4 Å². The van der Waals surface area contributed by atoms with Crippen molar-refractivity contribution in [2.75, 3.05) is 23.3 Å². The second-order valence-electron chi connectivity index (χ2n) is 7.06. The van der Waals surface area contributed by atoms with Crippen molar-refractivity contribution in [1.29, 1.82) is 0 Å². The van der Waals surface area contributed by atoms with Crippen LogP contribution in [0, 0.1) is 0 Å². The zero-order valence-electron chi connectivity index (χ0n) is 17.5. The van der Waals surface area contributed by atoms with Gasteiger partial charge in [-0.2, -0.15) is 0 Å². The molecule has 0 aromatic heterocycles. The van der Waals surface area contributed by atoms with Crippen LogP contribution in [-0.4, -0.2) is 28.0 Å². The zero-order valence-corrected chi connectivity index (χ0v) is 19.1. The quantitative estimate of drug-likeness (QED) is 0.576. The molecule has 3 aromatic carbocycles. The van der Waals surface area contributed by atoms with Crippen molar-refractivity contribution in [2.45, 2.75) is 6.92 Å². The molecule has 32 heavy (non-hydrogen) atoms. The Bertz CT molecular complexity index is 1320. The Morgan fingerprint density at radius 2 is 1.72 bits per heavy atom. The molecule has 0 spiro atoms. The van der Waals surface area contributed by atoms with Crippen LogP contribution in [-0.2, 0) is 14.8 Å². The van der Waals surface area contributed by atoms with Crippen LogP contribution in [0.3, 0.4) is 0 Å². The molecule has 1 aliphatic rings. The van der Waals surface area contributed by atoms with Gasteiger partial charge in [0.05, 0.1) is 17.8 Å². The number of hydrogen-bond acceptors (Lipinski definition) is 4. The SMILES string of the molecule is CCN1c2ccccc2C(c2ccccc2)=C(C(=O)Nc2ccc(OC)c(Cl)c2)S1(=O)=O. The Kier molecular flexibility index (Phi) is 5.95. The summed E-state index contributed by atoms with van der Waals surface area (Å²) in [6, 6.07) is 20.9. The third-order valence-corrected chi connectivity index (χ3v) is 7.42. The highest BCUT2D eigenvalue weighted by Crippen LogP contribution is 2.43. The van der Waals surface area contributed by atoms with E-state index in [0.29, 0.717) is 38.8 Å². The summed E-state index contributed by atoms with van der Waals surface area (Å²) in [4.78, 5) is 13.1. The summed E-state index contributed by atoms with van der Waals surface area (Å²) >= 11 is 6.18. The van der Waals surface area contributed by atoms with E-state index in [0.717, 1.165) is 0 Å². The van der Waals surface area contributed by atoms with Gasteiger partial charge in [0.15, 0.2) is 4.91 Å². The Balaban J connectivity index is 1.93. The number of amides is 1. The Morgan fingerprint density at radius 1 is 1.03 bits per heavy atom. The molecule has 1 N–H and O–H groups in total. The molecule has 0 bridgehead atoms. The predicted octanol–water partition coefficient (Wildman–Crippen LogP) is 4.92. The van der Waals surface area contributed by atoms with E-state index in [1.165, 1.54) is 17.5 Å². The molecular formula is C24H21ClN2O4S. The predicted molar refractivity (Wildman–Crippen MR) is 127 cm³/mol. The van der Waals surface area contributed by atoms with Crippen LogP contribution in [0.5, 0.6) is 5.75 Å². The van der Waals surface area contributed by atoms with Crippen molar-refractivity contribution in [2.24, 2.45) is 0 Å². The fourth-order valence-corrected chi connectivity index (χ4v) is 5.80. The lowest BCUT2D eigenvalue weighted by molar-refractivity contribution is -0.112. The highest BCUT2D eigenvalue weighted by atomic mass is 35.5. The number of benzene rings is 3. The molecule has 0 unspecified atom stereocenters. The zero-order chi connectivity index (χ0) is 22.9. The molecule has 4 rings (SSSR count). The van der Waals surface area contributed by atoms with E-state index < -0.39 is 15.9 Å². The van der Waals surface area contributed by atoms with Crippen molar-refractivity contribution in [3.8, 4) is 5.75 Å². The first-order valence-corrected chi connectivity index (χ1v) is 11.8. The minimum absolute atomic E-state index is 0.187. The number of carbonyl (C=O) groups excluding carboxylic acids is 1. The highest BCUT2D eigenvalue weighted by Gasteiger charge is 2.40. The number of fused-ring (bicyclic) bond motifs is 1. The summed E-state index contributed by atoms with van der Waals surface area (Å²) < 4.78 is 33.7. The molecule has 0 atom stereocenters. The molecular weight excluding hydrogens is 448 g/mol. The molecule has 1 aliphatic heterocycles. The second kappa shape index (κ2) is 8.68. The minimum atomic E-state index is -4.12. The number of nitrogens with one attached hydrogen (secondary N) is 1. The number of anilines is 2. The maximum atomic E-state index is 13.7. The normalized spacial score (nSPS) is 14.7. The lowest BCUT2D eigenvalue weighted by Crippen LogP contribution is -2.39. The summed E-state index contributed by atoms with van der Waals surface area (Å²) in [6.45, 7) is 1.92. The number of para-hydroxylation sites is 1. The molecule has 0 radical (unpaired) electrons. The first-order chi connectivity index (χ1) is 15.4. The molecule has 0 saturated heterocycles. The summed E-state index contributed by atoms with van der Waals surface area (Å²) in [6.07, 6.45) is 0. The largest absolute Gasteiger partial charge is 0.495 e. The van der Waals surface area contributed by atoms with Gasteiger partial charge < -0.3 is 10.1 Å². The smallest absolute Gasteiger partial charge is 0.270 e.